The van der Waals surface area contributed by atoms with E-state index in [1.54, 1.807) is 0 Å². The lowest BCUT2D eigenvalue weighted by Gasteiger charge is -2.12. The van der Waals surface area contributed by atoms with E-state index in [0.29, 0.717) is 26.7 Å². The summed E-state index contributed by atoms with van der Waals surface area (Å²) in [5.41, 5.74) is 2.49. The highest BCUT2D eigenvalue weighted by molar-refractivity contribution is 7.99. The van der Waals surface area contributed by atoms with Crippen LogP contribution in [-0.2, 0) is 0 Å². The molecule has 1 heterocycles. The highest BCUT2D eigenvalue weighted by atomic mass is 32.2. The summed E-state index contributed by atoms with van der Waals surface area (Å²) in [6.45, 7) is 0. The van der Waals surface area contributed by atoms with Crippen LogP contribution in [0, 0.1) is 22.7 Å². The van der Waals surface area contributed by atoms with Gasteiger partial charge in [0, 0.05) is 10.5 Å². The molecule has 1 aromatic heterocycles. The number of rotatable bonds is 3. The number of nitriles is 2. The summed E-state index contributed by atoms with van der Waals surface area (Å²) < 4.78 is 0. The van der Waals surface area contributed by atoms with Crippen molar-refractivity contribution in [3.63, 3.8) is 0 Å². The lowest BCUT2D eigenvalue weighted by molar-refractivity contribution is 1.06. The van der Waals surface area contributed by atoms with Crippen molar-refractivity contribution < 1.29 is 0 Å². The Morgan fingerprint density at radius 1 is 0.950 bits per heavy atom. The maximum absolute atomic E-state index is 9.46. The van der Waals surface area contributed by atoms with Crippen molar-refractivity contribution in [2.45, 2.75) is 9.92 Å². The number of aromatic nitrogens is 1. The van der Waals surface area contributed by atoms with Crippen molar-refractivity contribution in [2.24, 2.45) is 0 Å². The number of nitrogens with zero attached hydrogens (tertiary/aromatic N) is 3. The third-order valence-corrected chi connectivity index (χ3v) is 4.29. The molecule has 1 aromatic carbocycles. The molecule has 0 radical (unpaired) electrons. The zero-order chi connectivity index (χ0) is 14.5. The van der Waals surface area contributed by atoms with Crippen LogP contribution in [-0.4, -0.2) is 17.5 Å². The first-order valence-electron chi connectivity index (χ1n) is 5.78. The second kappa shape index (κ2) is 6.47. The summed E-state index contributed by atoms with van der Waals surface area (Å²) in [5, 5.41) is 19.4. The third-order valence-electron chi connectivity index (χ3n) is 2.79. The smallest absolute Gasteiger partial charge is 0.115 e. The van der Waals surface area contributed by atoms with Gasteiger partial charge in [0.25, 0.3) is 0 Å². The van der Waals surface area contributed by atoms with Gasteiger partial charge in [-0.1, -0.05) is 30.3 Å². The van der Waals surface area contributed by atoms with Gasteiger partial charge in [-0.25, -0.2) is 4.98 Å². The summed E-state index contributed by atoms with van der Waals surface area (Å²) in [4.78, 5) is 5.22. The molecule has 0 spiro atoms. The van der Waals surface area contributed by atoms with E-state index in [0.717, 1.165) is 5.56 Å². The van der Waals surface area contributed by atoms with Crippen molar-refractivity contribution >= 4 is 23.5 Å². The minimum absolute atomic E-state index is 0.470. The summed E-state index contributed by atoms with van der Waals surface area (Å²) >= 11 is 2.83. The summed E-state index contributed by atoms with van der Waals surface area (Å²) in [6.07, 6.45) is 3.75. The monoisotopic (exact) mass is 297 g/mol. The standard InChI is InChI=1S/C15H11N3S2/c1-19-14-11(8-16)13(10-6-4-3-5-7-10)18-15(20-2)12(14)9-17/h3-7H,1-2H3. The van der Waals surface area contributed by atoms with Crippen LogP contribution in [0.2, 0.25) is 0 Å². The number of pyridine rings is 1. The maximum Gasteiger partial charge on any atom is 0.115 e. The molecular formula is C15H11N3S2. The van der Waals surface area contributed by atoms with Crippen molar-refractivity contribution in [1.29, 1.82) is 10.5 Å². The Morgan fingerprint density at radius 2 is 1.60 bits per heavy atom. The summed E-state index contributed by atoms with van der Waals surface area (Å²) in [5.74, 6) is 0. The molecule has 0 amide bonds. The Balaban J connectivity index is 2.83. The van der Waals surface area contributed by atoms with Crippen LogP contribution in [0.1, 0.15) is 11.1 Å². The lowest BCUT2D eigenvalue weighted by atomic mass is 10.1. The van der Waals surface area contributed by atoms with Gasteiger partial charge in [-0.15, -0.1) is 23.5 Å². The quantitative estimate of drug-likeness (QED) is 0.803. The van der Waals surface area contributed by atoms with Gasteiger partial charge in [0.2, 0.25) is 0 Å². The van der Waals surface area contributed by atoms with E-state index < -0.39 is 0 Å². The molecule has 0 bridgehead atoms. The lowest BCUT2D eigenvalue weighted by Crippen LogP contribution is -1.99. The predicted octanol–water partition coefficient (Wildman–Crippen LogP) is 3.94. The normalized spacial score (nSPS) is 9.80. The molecule has 0 unspecified atom stereocenters. The fraction of sp³-hybridized carbons (Fsp3) is 0.133. The van der Waals surface area contributed by atoms with Crippen LogP contribution in [0.4, 0.5) is 0 Å². The highest BCUT2D eigenvalue weighted by Crippen LogP contribution is 2.35. The first-order chi connectivity index (χ1) is 9.76. The molecular weight excluding hydrogens is 286 g/mol. The van der Waals surface area contributed by atoms with E-state index in [4.69, 9.17) is 0 Å². The molecule has 2 aromatic rings. The van der Waals surface area contributed by atoms with Crippen LogP contribution < -0.4 is 0 Å². The van der Waals surface area contributed by atoms with Crippen molar-refractivity contribution in [3.05, 3.63) is 41.5 Å². The van der Waals surface area contributed by atoms with E-state index in [2.05, 4.69) is 17.1 Å². The van der Waals surface area contributed by atoms with Gasteiger partial charge in [0.15, 0.2) is 0 Å². The Hall–Kier alpha value is -1.95. The largest absolute Gasteiger partial charge is 0.239 e. The van der Waals surface area contributed by atoms with Crippen molar-refractivity contribution in [1.82, 2.24) is 4.98 Å². The zero-order valence-corrected chi connectivity index (χ0v) is 12.7. The second-order valence-electron chi connectivity index (χ2n) is 3.84. The Morgan fingerprint density at radius 3 is 2.10 bits per heavy atom. The van der Waals surface area contributed by atoms with Crippen LogP contribution in [0.3, 0.4) is 0 Å². The molecule has 5 heteroatoms. The van der Waals surface area contributed by atoms with E-state index in [-0.39, 0.29) is 0 Å². The molecule has 0 atom stereocenters. The number of hydrogen-bond acceptors (Lipinski definition) is 5. The molecule has 98 valence electrons. The predicted molar refractivity (Wildman–Crippen MR) is 82.7 cm³/mol. The van der Waals surface area contributed by atoms with Crippen LogP contribution >= 0.6 is 23.5 Å². The minimum atomic E-state index is 0.470. The molecule has 0 fully saturated rings. The maximum atomic E-state index is 9.46. The SMILES string of the molecule is CSc1nc(-c2ccccc2)c(C#N)c(SC)c1C#N. The van der Waals surface area contributed by atoms with Crippen LogP contribution in [0.15, 0.2) is 40.3 Å². The number of hydrogen-bond donors (Lipinski definition) is 0. The Labute approximate surface area is 126 Å². The first kappa shape index (κ1) is 14.5. The van der Waals surface area contributed by atoms with Gasteiger partial charge >= 0.3 is 0 Å². The fourth-order valence-electron chi connectivity index (χ4n) is 1.90. The van der Waals surface area contributed by atoms with E-state index >= 15 is 0 Å². The van der Waals surface area contributed by atoms with Crippen LogP contribution in [0.5, 0.6) is 0 Å². The molecule has 0 aliphatic heterocycles. The van der Waals surface area contributed by atoms with Gasteiger partial charge < -0.3 is 0 Å². The van der Waals surface area contributed by atoms with Gasteiger partial charge in [-0.2, -0.15) is 10.5 Å². The van der Waals surface area contributed by atoms with Gasteiger partial charge in [0.05, 0.1) is 16.8 Å². The Bertz CT molecular complexity index is 713. The molecule has 0 aliphatic rings. The number of thioether (sulfide) groups is 2. The highest BCUT2D eigenvalue weighted by Gasteiger charge is 2.19. The van der Waals surface area contributed by atoms with Crippen molar-refractivity contribution in [3.8, 4) is 23.4 Å². The van der Waals surface area contributed by atoms with Gasteiger partial charge in [-0.3, -0.25) is 0 Å². The third kappa shape index (κ3) is 2.51. The minimum Gasteiger partial charge on any atom is -0.239 e. The Kier molecular flexibility index (Phi) is 4.68. The topological polar surface area (TPSA) is 60.5 Å². The molecule has 3 nitrogen and oxygen atoms in total. The molecule has 0 saturated heterocycles. The molecule has 0 aliphatic carbocycles. The average Bonchev–Trinajstić information content (AvgIpc) is 2.53. The van der Waals surface area contributed by atoms with E-state index in [9.17, 15) is 10.5 Å². The fourth-order valence-corrected chi connectivity index (χ4v) is 3.19. The number of benzene rings is 1. The second-order valence-corrected chi connectivity index (χ2v) is 5.45. The average molecular weight is 297 g/mol. The van der Waals surface area contributed by atoms with Crippen molar-refractivity contribution in [2.75, 3.05) is 12.5 Å². The molecule has 0 saturated carbocycles. The molecule has 20 heavy (non-hydrogen) atoms. The van der Waals surface area contributed by atoms with E-state index in [1.807, 2.05) is 42.8 Å². The molecule has 2 rings (SSSR count). The zero-order valence-electron chi connectivity index (χ0n) is 11.0. The van der Waals surface area contributed by atoms with E-state index in [1.165, 1.54) is 23.5 Å². The van der Waals surface area contributed by atoms with Gasteiger partial charge in [0.1, 0.15) is 17.2 Å². The van der Waals surface area contributed by atoms with Gasteiger partial charge in [-0.05, 0) is 12.5 Å². The molecule has 0 N–H and O–H groups in total. The van der Waals surface area contributed by atoms with Crippen LogP contribution in [0.25, 0.3) is 11.3 Å². The summed E-state index contributed by atoms with van der Waals surface area (Å²) in [6, 6.07) is 13.9. The summed E-state index contributed by atoms with van der Waals surface area (Å²) in [7, 11) is 0. The first-order valence-corrected chi connectivity index (χ1v) is 8.23.